The molecule has 0 saturated heterocycles. The number of amides is 1. The number of benzene rings is 2. The van der Waals surface area contributed by atoms with E-state index in [1.165, 1.54) is 27.8 Å². The van der Waals surface area contributed by atoms with Crippen LogP contribution in [0.1, 0.15) is 0 Å². The lowest BCUT2D eigenvalue weighted by atomic mass is 10.1. The topological polar surface area (TPSA) is 72.7 Å². The van der Waals surface area contributed by atoms with Crippen LogP contribution in [0.4, 0.5) is 5.13 Å². The number of nitrogens with one attached hydrogen (secondary N) is 1. The van der Waals surface area contributed by atoms with E-state index < -0.39 is 0 Å². The molecule has 0 fully saturated rings. The molecule has 170 valence electrons. The number of allylic oxidation sites excluding steroid dienone is 1. The van der Waals surface area contributed by atoms with Crippen molar-refractivity contribution < 1.29 is 4.79 Å². The maximum atomic E-state index is 12.6. The van der Waals surface area contributed by atoms with Gasteiger partial charge in [0.25, 0.3) is 0 Å². The molecule has 34 heavy (non-hydrogen) atoms. The first-order valence-electron chi connectivity index (χ1n) is 10.3. The smallest absolute Gasteiger partial charge is 0.236 e. The van der Waals surface area contributed by atoms with Gasteiger partial charge in [0.05, 0.1) is 11.4 Å². The Morgan fingerprint density at radius 3 is 2.76 bits per heavy atom. The number of hydrogen-bond acceptors (Lipinski definition) is 7. The number of aromatic nitrogens is 4. The Balaban J connectivity index is 1.28. The second-order valence-electron chi connectivity index (χ2n) is 7.23. The van der Waals surface area contributed by atoms with Gasteiger partial charge >= 0.3 is 0 Å². The van der Waals surface area contributed by atoms with Crippen molar-refractivity contribution in [2.75, 3.05) is 11.1 Å². The van der Waals surface area contributed by atoms with Gasteiger partial charge in [0.1, 0.15) is 0 Å². The number of rotatable bonds is 8. The van der Waals surface area contributed by atoms with Crippen molar-refractivity contribution >= 4 is 71.5 Å². The van der Waals surface area contributed by atoms with Crippen LogP contribution in [0.25, 0.3) is 32.7 Å². The van der Waals surface area contributed by atoms with Crippen LogP contribution < -0.4 is 5.32 Å². The van der Waals surface area contributed by atoms with Gasteiger partial charge in [-0.3, -0.25) is 9.36 Å². The monoisotopic (exact) mass is 567 g/mol. The molecular formula is C24H18BrN5OS3. The molecule has 5 rings (SSSR count). The number of thioether (sulfide) groups is 1. The van der Waals surface area contributed by atoms with Crippen LogP contribution >= 0.6 is 50.4 Å². The fourth-order valence-electron chi connectivity index (χ4n) is 3.41. The third-order valence-electron chi connectivity index (χ3n) is 4.97. The molecule has 6 nitrogen and oxygen atoms in total. The van der Waals surface area contributed by atoms with E-state index in [0.29, 0.717) is 16.8 Å². The van der Waals surface area contributed by atoms with Gasteiger partial charge in [-0.1, -0.05) is 64.1 Å². The number of thiophene rings is 1. The third kappa shape index (κ3) is 4.85. The van der Waals surface area contributed by atoms with E-state index in [0.717, 1.165) is 32.5 Å². The van der Waals surface area contributed by atoms with Crippen LogP contribution in [0.15, 0.2) is 81.6 Å². The number of fused-ring (bicyclic) bond motifs is 1. The quantitative estimate of drug-likeness (QED) is 0.162. The molecule has 3 aromatic heterocycles. The molecule has 0 radical (unpaired) electrons. The zero-order valence-corrected chi connectivity index (χ0v) is 21.8. The first-order valence-corrected chi connectivity index (χ1v) is 13.8. The van der Waals surface area contributed by atoms with Crippen LogP contribution in [-0.4, -0.2) is 31.4 Å². The van der Waals surface area contributed by atoms with Crippen molar-refractivity contribution in [3.05, 3.63) is 76.4 Å². The van der Waals surface area contributed by atoms with Crippen molar-refractivity contribution in [1.82, 2.24) is 19.7 Å². The molecule has 1 amide bonds. The second-order valence-corrected chi connectivity index (χ2v) is 10.9. The summed E-state index contributed by atoms with van der Waals surface area (Å²) in [5.74, 6) is 0.837. The lowest BCUT2D eigenvalue weighted by Crippen LogP contribution is -2.14. The summed E-state index contributed by atoms with van der Waals surface area (Å²) >= 11 is 7.87. The van der Waals surface area contributed by atoms with E-state index in [9.17, 15) is 4.79 Å². The Bertz CT molecular complexity index is 1470. The van der Waals surface area contributed by atoms with Crippen LogP contribution in [0.3, 0.4) is 0 Å². The van der Waals surface area contributed by atoms with E-state index in [2.05, 4.69) is 60.5 Å². The molecular weight excluding hydrogens is 550 g/mol. The first kappa shape index (κ1) is 23.0. The molecule has 0 unspecified atom stereocenters. The Morgan fingerprint density at radius 1 is 1.12 bits per heavy atom. The van der Waals surface area contributed by atoms with Gasteiger partial charge in [-0.2, -0.15) is 0 Å². The van der Waals surface area contributed by atoms with Gasteiger partial charge in [0.2, 0.25) is 5.91 Å². The minimum Gasteiger partial charge on any atom is -0.301 e. The minimum absolute atomic E-state index is 0.141. The SMILES string of the molecule is C=CCn1c(SCC(=O)Nc2nc(-c3ccc(Br)cc3)cs2)nnc1-c1csc2ccccc12. The number of halogens is 1. The lowest BCUT2D eigenvalue weighted by Gasteiger charge is -2.07. The van der Waals surface area contributed by atoms with Crippen molar-refractivity contribution in [3.63, 3.8) is 0 Å². The van der Waals surface area contributed by atoms with Gasteiger partial charge < -0.3 is 5.32 Å². The predicted molar refractivity (Wildman–Crippen MR) is 146 cm³/mol. The van der Waals surface area contributed by atoms with Crippen LogP contribution in [0.2, 0.25) is 0 Å². The molecule has 0 aliphatic carbocycles. The minimum atomic E-state index is -0.141. The van der Waals surface area contributed by atoms with E-state index in [1.807, 2.05) is 52.4 Å². The Kier molecular flexibility index (Phi) is 6.91. The molecule has 5 aromatic rings. The summed E-state index contributed by atoms with van der Waals surface area (Å²) in [7, 11) is 0. The summed E-state index contributed by atoms with van der Waals surface area (Å²) in [6, 6.07) is 16.1. The van der Waals surface area contributed by atoms with E-state index in [1.54, 1.807) is 11.3 Å². The summed E-state index contributed by atoms with van der Waals surface area (Å²) in [6.07, 6.45) is 1.81. The molecule has 2 aromatic carbocycles. The molecule has 10 heteroatoms. The summed E-state index contributed by atoms with van der Waals surface area (Å²) in [5.41, 5.74) is 2.87. The summed E-state index contributed by atoms with van der Waals surface area (Å²) in [5, 5.41) is 18.1. The number of nitrogens with zero attached hydrogens (tertiary/aromatic N) is 4. The first-order chi connectivity index (χ1) is 16.6. The number of carbonyl (C=O) groups excluding carboxylic acids is 1. The zero-order valence-electron chi connectivity index (χ0n) is 17.8. The maximum Gasteiger partial charge on any atom is 0.236 e. The fraction of sp³-hybridized carbons (Fsp3) is 0.0833. The highest BCUT2D eigenvalue weighted by Crippen LogP contribution is 2.34. The van der Waals surface area contributed by atoms with Crippen molar-refractivity contribution in [2.24, 2.45) is 0 Å². The fourth-order valence-corrected chi connectivity index (χ4v) is 6.10. The largest absolute Gasteiger partial charge is 0.301 e. The molecule has 0 atom stereocenters. The molecule has 0 spiro atoms. The van der Waals surface area contributed by atoms with Gasteiger partial charge in [-0.05, 0) is 18.2 Å². The number of carbonyl (C=O) groups is 1. The van der Waals surface area contributed by atoms with Crippen molar-refractivity contribution in [3.8, 4) is 22.6 Å². The molecule has 1 N–H and O–H groups in total. The Labute approximate surface area is 216 Å². The maximum absolute atomic E-state index is 12.6. The predicted octanol–water partition coefficient (Wildman–Crippen LogP) is 6.96. The van der Waals surface area contributed by atoms with Gasteiger partial charge in [0.15, 0.2) is 16.1 Å². The molecule has 0 bridgehead atoms. The highest BCUT2D eigenvalue weighted by molar-refractivity contribution is 9.10. The highest BCUT2D eigenvalue weighted by atomic mass is 79.9. The van der Waals surface area contributed by atoms with Gasteiger partial charge in [-0.15, -0.1) is 39.4 Å². The van der Waals surface area contributed by atoms with Crippen LogP contribution in [0.5, 0.6) is 0 Å². The van der Waals surface area contributed by atoms with E-state index in [4.69, 9.17) is 0 Å². The molecule has 0 aliphatic heterocycles. The van der Waals surface area contributed by atoms with E-state index in [-0.39, 0.29) is 11.7 Å². The average Bonchev–Trinajstić information content (AvgIpc) is 3.57. The van der Waals surface area contributed by atoms with Crippen molar-refractivity contribution in [2.45, 2.75) is 11.7 Å². The van der Waals surface area contributed by atoms with Gasteiger partial charge in [-0.25, -0.2) is 4.98 Å². The van der Waals surface area contributed by atoms with E-state index >= 15 is 0 Å². The van der Waals surface area contributed by atoms with Crippen LogP contribution in [0, 0.1) is 0 Å². The zero-order chi connectivity index (χ0) is 23.5. The number of anilines is 1. The molecule has 0 aliphatic rings. The average molecular weight is 569 g/mol. The number of hydrogen-bond donors (Lipinski definition) is 1. The second kappa shape index (κ2) is 10.2. The Hall–Kier alpha value is -2.79. The highest BCUT2D eigenvalue weighted by Gasteiger charge is 2.18. The standard InChI is InChI=1S/C24H18BrN5OS3/c1-2-11-30-22(18-12-32-20-6-4-3-5-17(18)20)28-29-24(30)34-14-21(31)27-23-26-19(13-33-23)15-7-9-16(25)10-8-15/h2-10,12-13H,1,11,14H2,(H,26,27,31). The third-order valence-corrected chi connectivity index (χ3v) is 8.19. The summed E-state index contributed by atoms with van der Waals surface area (Å²) in [6.45, 7) is 4.43. The molecule has 3 heterocycles. The summed E-state index contributed by atoms with van der Waals surface area (Å²) < 4.78 is 4.20. The van der Waals surface area contributed by atoms with Crippen molar-refractivity contribution in [1.29, 1.82) is 0 Å². The van der Waals surface area contributed by atoms with Crippen LogP contribution in [-0.2, 0) is 11.3 Å². The normalized spacial score (nSPS) is 11.1. The Morgan fingerprint density at radius 2 is 1.94 bits per heavy atom. The van der Waals surface area contributed by atoms with Gasteiger partial charge in [0, 0.05) is 43.0 Å². The summed E-state index contributed by atoms with van der Waals surface area (Å²) in [4.78, 5) is 17.1. The lowest BCUT2D eigenvalue weighted by molar-refractivity contribution is -0.113. The number of thiazole rings is 1. The molecule has 0 saturated carbocycles.